The number of rotatable bonds is 4. The molecule has 3 aromatic rings. The van der Waals surface area contributed by atoms with Crippen molar-refractivity contribution in [1.82, 2.24) is 15.0 Å². The van der Waals surface area contributed by atoms with Crippen LogP contribution >= 0.6 is 0 Å². The van der Waals surface area contributed by atoms with Crippen molar-refractivity contribution in [2.45, 2.75) is 19.4 Å². The maximum absolute atomic E-state index is 5.75. The van der Waals surface area contributed by atoms with E-state index < -0.39 is 0 Å². The maximum atomic E-state index is 5.75. The van der Waals surface area contributed by atoms with E-state index in [-0.39, 0.29) is 6.04 Å². The Hall–Kier alpha value is -2.79. The van der Waals surface area contributed by atoms with Gasteiger partial charge < -0.3 is 9.64 Å². The summed E-state index contributed by atoms with van der Waals surface area (Å²) in [5.74, 6) is 1.62. The van der Waals surface area contributed by atoms with Crippen LogP contribution in [0.25, 0.3) is 11.5 Å². The highest BCUT2D eigenvalue weighted by atomic mass is 16.5. The van der Waals surface area contributed by atoms with Crippen LogP contribution in [0, 0.1) is 6.92 Å². The summed E-state index contributed by atoms with van der Waals surface area (Å²) >= 11 is 0. The average Bonchev–Trinajstić information content (AvgIpc) is 2.69. The molecule has 2 aromatic heterocycles. The molecule has 1 aromatic carbocycles. The van der Waals surface area contributed by atoms with Crippen LogP contribution in [0.3, 0.4) is 0 Å². The third-order valence-corrected chi connectivity index (χ3v) is 4.57. The number of hydrogen-bond donors (Lipinski definition) is 0. The SMILES string of the molecule is Cc1cc(N2CCOC[C@@H]2Cc2ccccc2)nc(-c2ccccn2)n1. The van der Waals surface area contributed by atoms with Crippen molar-refractivity contribution in [1.29, 1.82) is 0 Å². The van der Waals surface area contributed by atoms with E-state index in [1.807, 2.05) is 31.2 Å². The number of morpholine rings is 1. The van der Waals surface area contributed by atoms with Crippen LogP contribution in [0.1, 0.15) is 11.3 Å². The zero-order chi connectivity index (χ0) is 17.8. The molecule has 4 rings (SSSR count). The molecule has 0 radical (unpaired) electrons. The van der Waals surface area contributed by atoms with Gasteiger partial charge in [-0.05, 0) is 31.0 Å². The first kappa shape index (κ1) is 16.7. The Balaban J connectivity index is 1.65. The van der Waals surface area contributed by atoms with E-state index in [4.69, 9.17) is 9.72 Å². The summed E-state index contributed by atoms with van der Waals surface area (Å²) in [6, 6.07) is 18.7. The third kappa shape index (κ3) is 3.73. The second-order valence-corrected chi connectivity index (χ2v) is 6.52. The molecule has 1 aliphatic heterocycles. The highest BCUT2D eigenvalue weighted by Crippen LogP contribution is 2.23. The second-order valence-electron chi connectivity index (χ2n) is 6.52. The topological polar surface area (TPSA) is 51.1 Å². The first-order valence-corrected chi connectivity index (χ1v) is 8.95. The zero-order valence-electron chi connectivity index (χ0n) is 14.9. The van der Waals surface area contributed by atoms with E-state index >= 15 is 0 Å². The van der Waals surface area contributed by atoms with Gasteiger partial charge in [0.1, 0.15) is 11.5 Å². The Morgan fingerprint density at radius 1 is 1.08 bits per heavy atom. The number of aromatic nitrogens is 3. The first-order chi connectivity index (χ1) is 12.8. The fraction of sp³-hybridized carbons (Fsp3) is 0.286. The van der Waals surface area contributed by atoms with Crippen LogP contribution < -0.4 is 4.90 Å². The molecule has 0 spiro atoms. The van der Waals surface area contributed by atoms with Gasteiger partial charge in [0.05, 0.1) is 19.3 Å². The van der Waals surface area contributed by atoms with Crippen molar-refractivity contribution in [3.05, 3.63) is 72.1 Å². The van der Waals surface area contributed by atoms with E-state index in [1.54, 1.807) is 6.20 Å². The molecule has 1 aliphatic rings. The van der Waals surface area contributed by atoms with Gasteiger partial charge in [-0.1, -0.05) is 36.4 Å². The van der Waals surface area contributed by atoms with Crippen molar-refractivity contribution >= 4 is 5.82 Å². The van der Waals surface area contributed by atoms with Crippen LogP contribution in [0.2, 0.25) is 0 Å². The summed E-state index contributed by atoms with van der Waals surface area (Å²) in [5, 5.41) is 0. The Bertz CT molecular complexity index is 854. The third-order valence-electron chi connectivity index (χ3n) is 4.57. The van der Waals surface area contributed by atoms with E-state index in [9.17, 15) is 0 Å². The summed E-state index contributed by atoms with van der Waals surface area (Å²) in [6.07, 6.45) is 2.70. The van der Waals surface area contributed by atoms with Gasteiger partial charge in [-0.25, -0.2) is 9.97 Å². The molecule has 5 heteroatoms. The maximum Gasteiger partial charge on any atom is 0.180 e. The lowest BCUT2D eigenvalue weighted by Crippen LogP contribution is -2.47. The van der Waals surface area contributed by atoms with Crippen molar-refractivity contribution in [2.24, 2.45) is 0 Å². The molecule has 0 aliphatic carbocycles. The number of hydrogen-bond acceptors (Lipinski definition) is 5. The number of ether oxygens (including phenoxy) is 1. The van der Waals surface area contributed by atoms with Crippen molar-refractivity contribution < 1.29 is 4.74 Å². The van der Waals surface area contributed by atoms with Crippen LogP contribution in [-0.4, -0.2) is 40.8 Å². The molecule has 1 fully saturated rings. The van der Waals surface area contributed by atoms with E-state index in [0.29, 0.717) is 19.0 Å². The minimum absolute atomic E-state index is 0.261. The van der Waals surface area contributed by atoms with Gasteiger partial charge in [0.25, 0.3) is 0 Å². The molecule has 0 unspecified atom stereocenters. The number of pyridine rings is 1. The Morgan fingerprint density at radius 2 is 1.92 bits per heavy atom. The summed E-state index contributed by atoms with van der Waals surface area (Å²) in [4.78, 5) is 16.1. The quantitative estimate of drug-likeness (QED) is 0.725. The van der Waals surface area contributed by atoms with Gasteiger partial charge in [0.2, 0.25) is 0 Å². The summed E-state index contributed by atoms with van der Waals surface area (Å²) in [6.45, 7) is 4.25. The number of benzene rings is 1. The number of anilines is 1. The van der Waals surface area contributed by atoms with Crippen LogP contribution in [0.4, 0.5) is 5.82 Å². The van der Waals surface area contributed by atoms with E-state index in [2.05, 4.69) is 45.2 Å². The standard InChI is InChI=1S/C21H22N4O/c1-16-13-20(24-21(23-16)19-9-5-6-10-22-19)25-11-12-26-15-18(25)14-17-7-3-2-4-8-17/h2-10,13,18H,11-12,14-15H2,1H3/t18-/m0/s1. The lowest BCUT2D eigenvalue weighted by Gasteiger charge is -2.37. The van der Waals surface area contributed by atoms with Gasteiger partial charge in [0, 0.05) is 24.5 Å². The molecular formula is C21H22N4O. The van der Waals surface area contributed by atoms with Gasteiger partial charge in [-0.3, -0.25) is 4.98 Å². The molecule has 1 atom stereocenters. The normalized spacial score (nSPS) is 17.3. The fourth-order valence-corrected chi connectivity index (χ4v) is 3.32. The lowest BCUT2D eigenvalue weighted by atomic mass is 10.0. The second kappa shape index (κ2) is 7.62. The summed E-state index contributed by atoms with van der Waals surface area (Å²) in [7, 11) is 0. The van der Waals surface area contributed by atoms with E-state index in [1.165, 1.54) is 5.56 Å². The van der Waals surface area contributed by atoms with E-state index in [0.717, 1.165) is 30.2 Å². The fourth-order valence-electron chi connectivity index (χ4n) is 3.32. The summed E-state index contributed by atoms with van der Waals surface area (Å²) in [5.41, 5.74) is 3.05. The number of aryl methyl sites for hydroxylation is 1. The van der Waals surface area contributed by atoms with Crippen molar-refractivity contribution in [3.8, 4) is 11.5 Å². The van der Waals surface area contributed by atoms with Gasteiger partial charge in [-0.15, -0.1) is 0 Å². The Kier molecular flexibility index (Phi) is 4.88. The molecule has 0 saturated carbocycles. The van der Waals surface area contributed by atoms with Crippen molar-refractivity contribution in [3.63, 3.8) is 0 Å². The predicted octanol–water partition coefficient (Wildman–Crippen LogP) is 3.29. The van der Waals surface area contributed by atoms with Crippen LogP contribution in [0.5, 0.6) is 0 Å². The minimum Gasteiger partial charge on any atom is -0.377 e. The molecule has 3 heterocycles. The van der Waals surface area contributed by atoms with Crippen molar-refractivity contribution in [2.75, 3.05) is 24.7 Å². The number of nitrogens with zero attached hydrogens (tertiary/aromatic N) is 4. The molecule has 0 N–H and O–H groups in total. The average molecular weight is 346 g/mol. The smallest absolute Gasteiger partial charge is 0.180 e. The molecule has 132 valence electrons. The highest BCUT2D eigenvalue weighted by Gasteiger charge is 2.25. The van der Waals surface area contributed by atoms with Crippen LogP contribution in [-0.2, 0) is 11.2 Å². The first-order valence-electron chi connectivity index (χ1n) is 8.95. The summed E-state index contributed by atoms with van der Waals surface area (Å²) < 4.78 is 5.75. The molecular weight excluding hydrogens is 324 g/mol. The zero-order valence-corrected chi connectivity index (χ0v) is 14.9. The molecule has 1 saturated heterocycles. The van der Waals surface area contributed by atoms with Crippen LogP contribution in [0.15, 0.2) is 60.8 Å². The molecule has 5 nitrogen and oxygen atoms in total. The molecule has 0 bridgehead atoms. The van der Waals surface area contributed by atoms with Gasteiger partial charge >= 0.3 is 0 Å². The van der Waals surface area contributed by atoms with Gasteiger partial charge in [0.15, 0.2) is 5.82 Å². The Labute approximate surface area is 153 Å². The molecule has 0 amide bonds. The highest BCUT2D eigenvalue weighted by molar-refractivity contribution is 5.54. The largest absolute Gasteiger partial charge is 0.377 e. The molecule has 26 heavy (non-hydrogen) atoms. The van der Waals surface area contributed by atoms with Gasteiger partial charge in [-0.2, -0.15) is 0 Å². The predicted molar refractivity (Wildman–Crippen MR) is 102 cm³/mol. The lowest BCUT2D eigenvalue weighted by molar-refractivity contribution is 0.0936. The monoisotopic (exact) mass is 346 g/mol. The Morgan fingerprint density at radius 3 is 2.73 bits per heavy atom. The minimum atomic E-state index is 0.261.